The quantitative estimate of drug-likeness (QED) is 0.385. The normalized spacial score (nSPS) is 31.6. The summed E-state index contributed by atoms with van der Waals surface area (Å²) in [4.78, 5) is 5.83. The van der Waals surface area contributed by atoms with Crippen molar-refractivity contribution in [3.8, 4) is 0 Å². The number of halogens is 1. The van der Waals surface area contributed by atoms with Crippen molar-refractivity contribution in [1.82, 2.24) is 14.5 Å². The van der Waals surface area contributed by atoms with E-state index >= 15 is 0 Å². The van der Waals surface area contributed by atoms with E-state index in [1.807, 2.05) is 0 Å². The van der Waals surface area contributed by atoms with Crippen molar-refractivity contribution in [2.75, 3.05) is 25.6 Å². The number of aromatic nitrogens is 2. The highest BCUT2D eigenvalue weighted by Crippen LogP contribution is 2.33. The van der Waals surface area contributed by atoms with E-state index < -0.39 is 24.5 Å². The van der Waals surface area contributed by atoms with Crippen molar-refractivity contribution in [2.45, 2.75) is 24.5 Å². The highest BCUT2D eigenvalue weighted by molar-refractivity contribution is 14.0. The zero-order chi connectivity index (χ0) is 14.4. The molecule has 118 valence electrons. The summed E-state index contributed by atoms with van der Waals surface area (Å²) in [6.07, 6.45) is -2.55. The van der Waals surface area contributed by atoms with Crippen LogP contribution in [-0.2, 0) is 4.74 Å². The zero-order valence-corrected chi connectivity index (χ0v) is 13.6. The maximum absolute atomic E-state index is 10.0. The first-order valence-electron chi connectivity index (χ1n) is 6.27. The molecule has 0 aliphatic carbocycles. The average molecular weight is 411 g/mol. The summed E-state index contributed by atoms with van der Waals surface area (Å²) in [7, 11) is 1.77. The van der Waals surface area contributed by atoms with Crippen LogP contribution < -0.4 is 5.32 Å². The van der Waals surface area contributed by atoms with Crippen LogP contribution in [0, 0.1) is 5.41 Å². The van der Waals surface area contributed by atoms with E-state index in [1.54, 1.807) is 16.5 Å². The molecule has 3 heterocycles. The number of ether oxygens (including phenoxy) is 1. The van der Waals surface area contributed by atoms with Gasteiger partial charge in [0.1, 0.15) is 29.8 Å². The SMILES string of the molecule is CN1CNc2c(ncn2C2OC(CO)C(O)C2O)C1=N.I. The van der Waals surface area contributed by atoms with Gasteiger partial charge in [-0.25, -0.2) is 4.98 Å². The van der Waals surface area contributed by atoms with Gasteiger partial charge in [-0.3, -0.25) is 9.98 Å². The highest BCUT2D eigenvalue weighted by atomic mass is 127. The number of fused-ring (bicyclic) bond motifs is 1. The van der Waals surface area contributed by atoms with Gasteiger partial charge in [-0.2, -0.15) is 0 Å². The van der Waals surface area contributed by atoms with Gasteiger partial charge >= 0.3 is 0 Å². The first-order chi connectivity index (χ1) is 9.54. The molecule has 3 rings (SSSR count). The third kappa shape index (κ3) is 2.50. The van der Waals surface area contributed by atoms with E-state index in [9.17, 15) is 10.2 Å². The number of nitrogens with one attached hydrogen (secondary N) is 2. The molecule has 0 saturated carbocycles. The number of aliphatic hydroxyl groups excluding tert-OH is 3. The Morgan fingerprint density at radius 2 is 2.19 bits per heavy atom. The fourth-order valence-electron chi connectivity index (χ4n) is 2.47. The first kappa shape index (κ1) is 16.4. The maximum Gasteiger partial charge on any atom is 0.165 e. The average Bonchev–Trinajstić information content (AvgIpc) is 2.98. The number of nitrogens with zero attached hydrogens (tertiary/aromatic N) is 3. The molecule has 0 spiro atoms. The third-order valence-corrected chi connectivity index (χ3v) is 3.67. The number of amidine groups is 1. The van der Waals surface area contributed by atoms with Crippen LogP contribution in [0.25, 0.3) is 0 Å². The Balaban J connectivity index is 0.00000161. The predicted molar refractivity (Wildman–Crippen MR) is 83.7 cm³/mol. The number of anilines is 1. The molecule has 9 nitrogen and oxygen atoms in total. The van der Waals surface area contributed by atoms with Gasteiger partial charge in [0.05, 0.1) is 19.6 Å². The Bertz CT molecular complexity index is 539. The molecular formula is C11H18IN5O4. The smallest absolute Gasteiger partial charge is 0.165 e. The molecule has 2 aliphatic rings. The number of hydrogen-bond donors (Lipinski definition) is 5. The van der Waals surface area contributed by atoms with Crippen molar-refractivity contribution in [2.24, 2.45) is 0 Å². The monoisotopic (exact) mass is 411 g/mol. The second-order valence-electron chi connectivity index (χ2n) is 4.96. The van der Waals surface area contributed by atoms with Crippen LogP contribution in [0.3, 0.4) is 0 Å². The second kappa shape index (κ2) is 6.04. The lowest BCUT2D eigenvalue weighted by Gasteiger charge is -2.28. The third-order valence-electron chi connectivity index (χ3n) is 3.67. The summed E-state index contributed by atoms with van der Waals surface area (Å²) >= 11 is 0. The molecule has 0 bridgehead atoms. The van der Waals surface area contributed by atoms with E-state index in [2.05, 4.69) is 10.3 Å². The van der Waals surface area contributed by atoms with Crippen molar-refractivity contribution < 1.29 is 20.1 Å². The first-order valence-corrected chi connectivity index (χ1v) is 6.27. The Hall–Kier alpha value is -0.950. The minimum absolute atomic E-state index is 0. The molecule has 0 aromatic carbocycles. The Morgan fingerprint density at radius 3 is 2.81 bits per heavy atom. The molecular weight excluding hydrogens is 393 g/mol. The summed E-state index contributed by atoms with van der Waals surface area (Å²) in [5.74, 6) is 0.826. The van der Waals surface area contributed by atoms with Crippen molar-refractivity contribution in [3.63, 3.8) is 0 Å². The minimum atomic E-state index is -1.17. The van der Waals surface area contributed by atoms with Gasteiger partial charge in [0.15, 0.2) is 12.1 Å². The van der Waals surface area contributed by atoms with Gasteiger partial charge in [0.2, 0.25) is 0 Å². The lowest BCUT2D eigenvalue weighted by Crippen LogP contribution is -2.38. The van der Waals surface area contributed by atoms with Gasteiger partial charge < -0.3 is 30.3 Å². The van der Waals surface area contributed by atoms with Gasteiger partial charge in [0.25, 0.3) is 0 Å². The Morgan fingerprint density at radius 1 is 1.48 bits per heavy atom. The van der Waals surface area contributed by atoms with E-state index in [0.717, 1.165) is 0 Å². The fraction of sp³-hybridized carbons (Fsp3) is 0.636. The van der Waals surface area contributed by atoms with Crippen LogP contribution >= 0.6 is 24.0 Å². The molecule has 4 atom stereocenters. The van der Waals surface area contributed by atoms with Gasteiger partial charge in [-0.05, 0) is 0 Å². The van der Waals surface area contributed by atoms with Crippen LogP contribution in [0.1, 0.15) is 11.9 Å². The number of imidazole rings is 1. The molecule has 21 heavy (non-hydrogen) atoms. The summed E-state index contributed by atoms with van der Waals surface area (Å²) in [5.41, 5.74) is 0.455. The second-order valence-corrected chi connectivity index (χ2v) is 4.96. The fourth-order valence-corrected chi connectivity index (χ4v) is 2.47. The number of aliphatic hydroxyl groups is 3. The largest absolute Gasteiger partial charge is 0.394 e. The van der Waals surface area contributed by atoms with E-state index in [4.69, 9.17) is 15.3 Å². The molecule has 1 aromatic rings. The van der Waals surface area contributed by atoms with E-state index in [-0.39, 0.29) is 36.4 Å². The lowest BCUT2D eigenvalue weighted by atomic mass is 10.1. The van der Waals surface area contributed by atoms with Crippen molar-refractivity contribution in [1.29, 1.82) is 5.41 Å². The van der Waals surface area contributed by atoms with Crippen molar-refractivity contribution in [3.05, 3.63) is 12.0 Å². The standard InChI is InChI=1S/C11H17N5O4.HI/c1-15-3-14-10-6(9(15)12)13-4-16(10)11-8(19)7(18)5(2-17)20-11;/h4-5,7-8,11-12,14,17-19H,2-3H2,1H3;1H. The number of hydrogen-bond acceptors (Lipinski definition) is 7. The van der Waals surface area contributed by atoms with E-state index in [0.29, 0.717) is 18.2 Å². The summed E-state index contributed by atoms with van der Waals surface area (Å²) in [6.45, 7) is 0.0594. The maximum atomic E-state index is 10.0. The molecule has 1 fully saturated rings. The Labute approximate surface area is 138 Å². The van der Waals surface area contributed by atoms with E-state index in [1.165, 1.54) is 6.33 Å². The summed E-state index contributed by atoms with van der Waals surface area (Å²) in [5, 5.41) is 39.9. The van der Waals surface area contributed by atoms with Crippen LogP contribution in [0.5, 0.6) is 0 Å². The molecule has 10 heteroatoms. The molecule has 0 radical (unpaired) electrons. The topological polar surface area (TPSA) is 127 Å². The summed E-state index contributed by atoms with van der Waals surface area (Å²) < 4.78 is 7.00. The predicted octanol–water partition coefficient (Wildman–Crippen LogP) is -1.25. The lowest BCUT2D eigenvalue weighted by molar-refractivity contribution is -0.0519. The molecule has 0 amide bonds. The Kier molecular flexibility index (Phi) is 4.72. The van der Waals surface area contributed by atoms with Crippen LogP contribution in [-0.4, -0.2) is 74.2 Å². The van der Waals surface area contributed by atoms with Crippen molar-refractivity contribution >= 4 is 35.6 Å². The minimum Gasteiger partial charge on any atom is -0.394 e. The highest BCUT2D eigenvalue weighted by Gasteiger charge is 2.44. The summed E-state index contributed by atoms with van der Waals surface area (Å²) in [6, 6.07) is 0. The molecule has 2 aliphatic heterocycles. The van der Waals surface area contributed by atoms with Gasteiger partial charge in [-0.1, -0.05) is 0 Å². The molecule has 4 unspecified atom stereocenters. The molecule has 1 aromatic heterocycles. The van der Waals surface area contributed by atoms with Gasteiger partial charge in [-0.15, -0.1) is 24.0 Å². The van der Waals surface area contributed by atoms with Crippen LogP contribution in [0.15, 0.2) is 6.33 Å². The molecule has 5 N–H and O–H groups in total. The van der Waals surface area contributed by atoms with Crippen LogP contribution in [0.4, 0.5) is 5.82 Å². The van der Waals surface area contributed by atoms with Crippen LogP contribution in [0.2, 0.25) is 0 Å². The molecule has 1 saturated heterocycles. The number of rotatable bonds is 2. The van der Waals surface area contributed by atoms with Gasteiger partial charge in [0, 0.05) is 7.05 Å². The zero-order valence-electron chi connectivity index (χ0n) is 11.3.